The van der Waals surface area contributed by atoms with E-state index in [1.807, 2.05) is 65.8 Å². The second-order valence-corrected chi connectivity index (χ2v) is 11.2. The standard InChI is InChI=1S/C34H42N2O4/c1-19-13-21(3)31(22(4)14-19)33(39)27(25(7)37)17-35-29-11-9-10-12-30(29)36-18-28(26(8)38)34(40)32-23(5)15-20(2)16-24(32)6/h13-18,29-30,39-40H,9-12H2,1-8H3/b33-27-,34-28-,35-17?,36-18?/t29-,30-/m1/s1. The highest BCUT2D eigenvalue weighted by Gasteiger charge is 2.25. The number of benzene rings is 2. The highest BCUT2D eigenvalue weighted by Crippen LogP contribution is 2.29. The fraction of sp³-hybridized carbons (Fsp3) is 0.412. The summed E-state index contributed by atoms with van der Waals surface area (Å²) in [5, 5.41) is 22.3. The largest absolute Gasteiger partial charge is 0.506 e. The molecule has 40 heavy (non-hydrogen) atoms. The Morgan fingerprint density at radius 3 is 1.23 bits per heavy atom. The van der Waals surface area contributed by atoms with Gasteiger partial charge in [0.2, 0.25) is 0 Å². The summed E-state index contributed by atoms with van der Waals surface area (Å²) in [4.78, 5) is 34.6. The number of carbonyl (C=O) groups is 2. The molecule has 1 aliphatic carbocycles. The molecule has 0 heterocycles. The van der Waals surface area contributed by atoms with E-state index in [-0.39, 0.29) is 46.3 Å². The molecule has 0 amide bonds. The van der Waals surface area contributed by atoms with Crippen LogP contribution in [0.1, 0.15) is 84.0 Å². The average Bonchev–Trinajstić information content (AvgIpc) is 2.83. The van der Waals surface area contributed by atoms with Crippen molar-refractivity contribution in [1.82, 2.24) is 0 Å². The van der Waals surface area contributed by atoms with Crippen LogP contribution in [0.3, 0.4) is 0 Å². The predicted molar refractivity (Wildman–Crippen MR) is 165 cm³/mol. The third kappa shape index (κ3) is 7.04. The number of ketones is 2. The van der Waals surface area contributed by atoms with E-state index in [9.17, 15) is 19.8 Å². The molecule has 1 aliphatic rings. The summed E-state index contributed by atoms with van der Waals surface area (Å²) >= 11 is 0. The molecule has 3 rings (SSSR count). The Morgan fingerprint density at radius 1 is 0.650 bits per heavy atom. The van der Waals surface area contributed by atoms with Crippen molar-refractivity contribution in [3.63, 3.8) is 0 Å². The summed E-state index contributed by atoms with van der Waals surface area (Å²) in [5.41, 5.74) is 7.37. The summed E-state index contributed by atoms with van der Waals surface area (Å²) in [6, 6.07) is 7.49. The maximum Gasteiger partial charge on any atom is 0.165 e. The van der Waals surface area contributed by atoms with Gasteiger partial charge in [0, 0.05) is 23.6 Å². The smallest absolute Gasteiger partial charge is 0.165 e. The van der Waals surface area contributed by atoms with Crippen LogP contribution in [-0.4, -0.2) is 46.3 Å². The van der Waals surface area contributed by atoms with Gasteiger partial charge in [0.1, 0.15) is 11.5 Å². The number of carbonyl (C=O) groups excluding carboxylic acids is 2. The van der Waals surface area contributed by atoms with Crippen molar-refractivity contribution in [1.29, 1.82) is 0 Å². The van der Waals surface area contributed by atoms with Crippen molar-refractivity contribution in [3.8, 4) is 0 Å². The van der Waals surface area contributed by atoms with Gasteiger partial charge in [0.15, 0.2) is 11.6 Å². The number of hydrogen-bond donors (Lipinski definition) is 2. The molecule has 0 radical (unpaired) electrons. The zero-order chi connectivity index (χ0) is 29.7. The number of hydrogen-bond acceptors (Lipinski definition) is 6. The van der Waals surface area contributed by atoms with Crippen LogP contribution in [-0.2, 0) is 9.59 Å². The number of allylic oxidation sites excluding steroid dienone is 2. The van der Waals surface area contributed by atoms with Crippen LogP contribution in [0.15, 0.2) is 45.4 Å². The van der Waals surface area contributed by atoms with Crippen LogP contribution in [0.4, 0.5) is 0 Å². The molecule has 6 heteroatoms. The van der Waals surface area contributed by atoms with E-state index in [0.29, 0.717) is 11.1 Å². The molecule has 2 aromatic rings. The molecule has 0 bridgehead atoms. The number of Topliss-reactive ketones (excluding diaryl/α,β-unsaturated/α-hetero) is 2. The Hall–Kier alpha value is -3.80. The first kappa shape index (κ1) is 30.7. The van der Waals surface area contributed by atoms with Gasteiger partial charge in [-0.25, -0.2) is 0 Å². The summed E-state index contributed by atoms with van der Waals surface area (Å²) in [6.45, 7) is 14.5. The molecule has 0 aliphatic heterocycles. The highest BCUT2D eigenvalue weighted by molar-refractivity contribution is 6.18. The monoisotopic (exact) mass is 542 g/mol. The van der Waals surface area contributed by atoms with Crippen molar-refractivity contribution in [2.45, 2.75) is 93.2 Å². The minimum absolute atomic E-state index is 0.0716. The lowest BCUT2D eigenvalue weighted by Crippen LogP contribution is -2.27. The molecule has 0 unspecified atom stereocenters. The summed E-state index contributed by atoms with van der Waals surface area (Å²) in [6.07, 6.45) is 6.44. The van der Waals surface area contributed by atoms with Crippen molar-refractivity contribution in [2.75, 3.05) is 0 Å². The number of aliphatic imine (C=N–C) groups is 2. The van der Waals surface area contributed by atoms with Crippen molar-refractivity contribution in [2.24, 2.45) is 9.98 Å². The minimum Gasteiger partial charge on any atom is -0.506 e. The lowest BCUT2D eigenvalue weighted by molar-refractivity contribution is -0.114. The third-order valence-electron chi connectivity index (χ3n) is 7.58. The second kappa shape index (κ2) is 13.0. The van der Waals surface area contributed by atoms with Gasteiger partial charge < -0.3 is 10.2 Å². The fourth-order valence-corrected chi connectivity index (χ4v) is 5.79. The molecule has 2 aromatic carbocycles. The highest BCUT2D eigenvalue weighted by atomic mass is 16.3. The van der Waals surface area contributed by atoms with Crippen LogP contribution >= 0.6 is 0 Å². The van der Waals surface area contributed by atoms with Gasteiger partial charge in [-0.3, -0.25) is 19.6 Å². The number of rotatable bonds is 8. The van der Waals surface area contributed by atoms with E-state index in [0.717, 1.165) is 59.1 Å². The SMILES string of the molecule is CC(=O)/C(C=N[C@@H]1CCCC[C@H]1N=C/C(C(C)=O)=C(/O)c1c(C)cc(C)cc1C)=C(\O)c1c(C)cc(C)cc1C. The van der Waals surface area contributed by atoms with Crippen LogP contribution in [0.2, 0.25) is 0 Å². The van der Waals surface area contributed by atoms with Gasteiger partial charge in [-0.05, 0) is 90.5 Å². The summed E-state index contributed by atoms with van der Waals surface area (Å²) in [5.74, 6) is -0.686. The molecule has 1 saturated carbocycles. The van der Waals surface area contributed by atoms with E-state index in [2.05, 4.69) is 0 Å². The Balaban J connectivity index is 1.98. The molecule has 2 atom stereocenters. The van der Waals surface area contributed by atoms with Gasteiger partial charge in [-0.15, -0.1) is 0 Å². The topological polar surface area (TPSA) is 99.3 Å². The van der Waals surface area contributed by atoms with Gasteiger partial charge in [0.05, 0.1) is 23.2 Å². The number of aryl methyl sites for hydroxylation is 6. The van der Waals surface area contributed by atoms with Crippen LogP contribution in [0.5, 0.6) is 0 Å². The Kier molecular flexibility index (Phi) is 10.0. The molecular formula is C34H42N2O4. The number of aliphatic hydroxyl groups is 2. The van der Waals surface area contributed by atoms with E-state index < -0.39 is 0 Å². The molecule has 0 spiro atoms. The molecule has 0 aromatic heterocycles. The fourth-order valence-electron chi connectivity index (χ4n) is 5.79. The Labute approximate surface area is 238 Å². The average molecular weight is 543 g/mol. The zero-order valence-electron chi connectivity index (χ0n) is 25.1. The van der Waals surface area contributed by atoms with Crippen LogP contribution in [0.25, 0.3) is 11.5 Å². The van der Waals surface area contributed by atoms with Crippen LogP contribution < -0.4 is 0 Å². The summed E-state index contributed by atoms with van der Waals surface area (Å²) in [7, 11) is 0. The van der Waals surface area contributed by atoms with Crippen LogP contribution in [0, 0.1) is 41.5 Å². The van der Waals surface area contributed by atoms with Gasteiger partial charge >= 0.3 is 0 Å². The van der Waals surface area contributed by atoms with Crippen molar-refractivity contribution < 1.29 is 19.8 Å². The first-order valence-electron chi connectivity index (χ1n) is 13.9. The van der Waals surface area contributed by atoms with Crippen molar-refractivity contribution in [3.05, 3.63) is 79.9 Å². The van der Waals surface area contributed by atoms with Gasteiger partial charge in [-0.1, -0.05) is 48.2 Å². The lowest BCUT2D eigenvalue weighted by atomic mass is 9.90. The minimum atomic E-state index is -0.271. The van der Waals surface area contributed by atoms with E-state index in [1.54, 1.807) is 0 Å². The third-order valence-corrected chi connectivity index (χ3v) is 7.58. The lowest BCUT2D eigenvalue weighted by Gasteiger charge is -2.25. The molecule has 1 fully saturated rings. The van der Waals surface area contributed by atoms with Crippen molar-refractivity contribution >= 4 is 35.5 Å². The Morgan fingerprint density at radius 2 is 0.950 bits per heavy atom. The number of aliphatic hydroxyl groups excluding tert-OH is 2. The molecular weight excluding hydrogens is 500 g/mol. The van der Waals surface area contributed by atoms with E-state index >= 15 is 0 Å². The molecule has 6 nitrogen and oxygen atoms in total. The maximum absolute atomic E-state index is 12.6. The maximum atomic E-state index is 12.6. The predicted octanol–water partition coefficient (Wildman–Crippen LogP) is 7.41. The second-order valence-electron chi connectivity index (χ2n) is 11.2. The zero-order valence-corrected chi connectivity index (χ0v) is 25.1. The van der Waals surface area contributed by atoms with Gasteiger partial charge in [0.25, 0.3) is 0 Å². The normalized spacial score (nSPS) is 19.1. The van der Waals surface area contributed by atoms with E-state index in [1.165, 1.54) is 26.3 Å². The molecule has 212 valence electrons. The van der Waals surface area contributed by atoms with Gasteiger partial charge in [-0.2, -0.15) is 0 Å². The summed E-state index contributed by atoms with van der Waals surface area (Å²) < 4.78 is 0. The van der Waals surface area contributed by atoms with E-state index in [4.69, 9.17) is 9.98 Å². The number of nitrogens with zero attached hydrogens (tertiary/aromatic N) is 2. The first-order valence-corrected chi connectivity index (χ1v) is 13.9. The Bertz CT molecular complexity index is 1290. The quantitative estimate of drug-likeness (QED) is 0.206. The first-order chi connectivity index (χ1) is 18.8. The molecule has 0 saturated heterocycles. The molecule has 2 N–H and O–H groups in total.